The predicted molar refractivity (Wildman–Crippen MR) is 108 cm³/mol. The second kappa shape index (κ2) is 9.65. The molecule has 2 rings (SSSR count). The molecule has 0 aliphatic carbocycles. The van der Waals surface area contributed by atoms with Crippen molar-refractivity contribution in [2.45, 2.75) is 0 Å². The molecule has 0 saturated carbocycles. The Morgan fingerprint density at radius 3 is 2.46 bits per heavy atom. The zero-order valence-corrected chi connectivity index (χ0v) is 15.8. The van der Waals surface area contributed by atoms with Crippen molar-refractivity contribution in [2.75, 3.05) is 19.5 Å². The van der Waals surface area contributed by atoms with E-state index in [0.29, 0.717) is 22.1 Å². The van der Waals surface area contributed by atoms with Gasteiger partial charge in [0.15, 0.2) is 16.6 Å². The third-order valence-corrected chi connectivity index (χ3v) is 3.71. The summed E-state index contributed by atoms with van der Waals surface area (Å²) in [7, 11) is 3.09. The minimum Gasteiger partial charge on any atom is -0.493 e. The van der Waals surface area contributed by atoms with Gasteiger partial charge < -0.3 is 14.8 Å². The molecule has 0 heterocycles. The van der Waals surface area contributed by atoms with Crippen molar-refractivity contribution in [1.82, 2.24) is 10.9 Å². The van der Waals surface area contributed by atoms with Crippen molar-refractivity contribution in [3.05, 3.63) is 59.1 Å². The minimum atomic E-state index is -0.380. The summed E-state index contributed by atoms with van der Waals surface area (Å²) < 4.78 is 10.5. The molecule has 0 spiro atoms. The second-order valence-electron chi connectivity index (χ2n) is 4.99. The van der Waals surface area contributed by atoms with E-state index < -0.39 is 0 Å². The van der Waals surface area contributed by atoms with Crippen molar-refractivity contribution >= 4 is 46.6 Å². The van der Waals surface area contributed by atoms with Crippen LogP contribution in [-0.4, -0.2) is 25.2 Å². The Kier molecular flexibility index (Phi) is 7.25. The first-order chi connectivity index (χ1) is 12.5. The van der Waals surface area contributed by atoms with E-state index >= 15 is 0 Å². The number of carbonyl (C=O) groups excluding carboxylic acids is 1. The number of ether oxygens (including phenoxy) is 2. The number of nitrogens with one attached hydrogen (secondary N) is 3. The molecule has 0 bridgehead atoms. The molecule has 0 aliphatic rings. The smallest absolute Gasteiger partial charge is 0.262 e. The molecule has 0 aliphatic heterocycles. The van der Waals surface area contributed by atoms with Gasteiger partial charge in [0.2, 0.25) is 0 Å². The molecule has 1 amide bonds. The summed E-state index contributed by atoms with van der Waals surface area (Å²) in [6.07, 6.45) is 2.98. The van der Waals surface area contributed by atoms with Gasteiger partial charge in [0, 0.05) is 22.3 Å². The Balaban J connectivity index is 1.89. The lowest BCUT2D eigenvalue weighted by atomic mass is 10.1. The largest absolute Gasteiger partial charge is 0.493 e. The molecule has 0 saturated heterocycles. The van der Waals surface area contributed by atoms with E-state index in [4.69, 9.17) is 33.3 Å². The molecular formula is C18H18ClN3O3S. The number of para-hydroxylation sites is 1. The SMILES string of the molecule is COc1cccc(/C=C/C(=O)NNC(=S)Nc2ccc(Cl)cc2)c1OC. The zero-order valence-electron chi connectivity index (χ0n) is 14.2. The predicted octanol–water partition coefficient (Wildman–Crippen LogP) is 3.39. The topological polar surface area (TPSA) is 71.6 Å². The summed E-state index contributed by atoms with van der Waals surface area (Å²) in [6, 6.07) is 12.4. The van der Waals surface area contributed by atoms with Crippen LogP contribution in [0.25, 0.3) is 6.08 Å². The summed E-state index contributed by atoms with van der Waals surface area (Å²) in [4.78, 5) is 11.9. The molecule has 6 nitrogen and oxygen atoms in total. The summed E-state index contributed by atoms with van der Waals surface area (Å²) in [5.41, 5.74) is 6.55. The first-order valence-electron chi connectivity index (χ1n) is 7.55. The van der Waals surface area contributed by atoms with Crippen LogP contribution in [0.5, 0.6) is 11.5 Å². The number of hydrogen-bond acceptors (Lipinski definition) is 4. The number of carbonyl (C=O) groups is 1. The van der Waals surface area contributed by atoms with Crippen LogP contribution in [0.1, 0.15) is 5.56 Å². The van der Waals surface area contributed by atoms with Crippen LogP contribution in [0, 0.1) is 0 Å². The number of thiocarbonyl (C=S) groups is 1. The molecule has 3 N–H and O–H groups in total. The van der Waals surface area contributed by atoms with Gasteiger partial charge in [-0.05, 0) is 48.6 Å². The van der Waals surface area contributed by atoms with Crippen LogP contribution >= 0.6 is 23.8 Å². The molecule has 26 heavy (non-hydrogen) atoms. The second-order valence-corrected chi connectivity index (χ2v) is 5.84. The molecule has 0 fully saturated rings. The van der Waals surface area contributed by atoms with Crippen LogP contribution in [0.2, 0.25) is 5.02 Å². The highest BCUT2D eigenvalue weighted by Gasteiger charge is 2.07. The molecule has 0 radical (unpaired) electrons. The lowest BCUT2D eigenvalue weighted by Gasteiger charge is -2.11. The normalized spacial score (nSPS) is 10.3. The molecule has 2 aromatic rings. The Labute approximate surface area is 162 Å². The molecule has 0 aromatic heterocycles. The third-order valence-electron chi connectivity index (χ3n) is 3.25. The molecule has 136 valence electrons. The Bertz CT molecular complexity index is 810. The van der Waals surface area contributed by atoms with E-state index in [2.05, 4.69) is 16.2 Å². The highest BCUT2D eigenvalue weighted by Crippen LogP contribution is 2.31. The first kappa shape index (κ1) is 19.6. The Hall–Kier alpha value is -2.77. The van der Waals surface area contributed by atoms with Gasteiger partial charge in [-0.2, -0.15) is 0 Å². The fourth-order valence-corrected chi connectivity index (χ4v) is 2.36. The number of halogens is 1. The maximum absolute atomic E-state index is 11.9. The minimum absolute atomic E-state index is 0.244. The summed E-state index contributed by atoms with van der Waals surface area (Å²) in [5.74, 6) is 0.753. The fourth-order valence-electron chi connectivity index (χ4n) is 2.06. The average Bonchev–Trinajstić information content (AvgIpc) is 2.66. The van der Waals surface area contributed by atoms with Crippen LogP contribution < -0.4 is 25.6 Å². The van der Waals surface area contributed by atoms with E-state index in [1.54, 1.807) is 43.5 Å². The van der Waals surface area contributed by atoms with Gasteiger partial charge in [0.05, 0.1) is 14.2 Å². The average molecular weight is 392 g/mol. The van der Waals surface area contributed by atoms with Crippen molar-refractivity contribution in [3.63, 3.8) is 0 Å². The first-order valence-corrected chi connectivity index (χ1v) is 8.33. The van der Waals surface area contributed by atoms with Crippen LogP contribution in [0.15, 0.2) is 48.5 Å². The number of hydrazine groups is 1. The standard InChI is InChI=1S/C18H18ClN3O3S/c1-24-15-5-3-4-12(17(15)25-2)6-11-16(23)21-22-18(26)20-14-9-7-13(19)8-10-14/h3-11H,1-2H3,(H,21,23)(H2,20,22,26)/b11-6+. The molecule has 0 atom stereocenters. The molecule has 0 unspecified atom stereocenters. The zero-order chi connectivity index (χ0) is 18.9. The number of hydrogen-bond donors (Lipinski definition) is 3. The number of amides is 1. The van der Waals surface area contributed by atoms with Crippen molar-refractivity contribution in [2.24, 2.45) is 0 Å². The maximum atomic E-state index is 11.9. The van der Waals surface area contributed by atoms with E-state index in [1.165, 1.54) is 13.2 Å². The van der Waals surface area contributed by atoms with Crippen molar-refractivity contribution in [3.8, 4) is 11.5 Å². The number of methoxy groups -OCH3 is 2. The summed E-state index contributed by atoms with van der Waals surface area (Å²) in [5, 5.41) is 3.79. The lowest BCUT2D eigenvalue weighted by Crippen LogP contribution is -2.43. The molecule has 2 aromatic carbocycles. The molecular weight excluding hydrogens is 374 g/mol. The molecule has 8 heteroatoms. The van der Waals surface area contributed by atoms with Gasteiger partial charge in [0.25, 0.3) is 5.91 Å². The van der Waals surface area contributed by atoms with E-state index in [1.807, 2.05) is 12.1 Å². The Morgan fingerprint density at radius 2 is 1.81 bits per heavy atom. The van der Waals surface area contributed by atoms with Gasteiger partial charge in [0.1, 0.15) is 0 Å². The Morgan fingerprint density at radius 1 is 1.08 bits per heavy atom. The fraction of sp³-hybridized carbons (Fsp3) is 0.111. The van der Waals surface area contributed by atoms with Gasteiger partial charge in [-0.1, -0.05) is 23.7 Å². The summed E-state index contributed by atoms with van der Waals surface area (Å²) in [6.45, 7) is 0. The van der Waals surface area contributed by atoms with Crippen LogP contribution in [-0.2, 0) is 4.79 Å². The lowest BCUT2D eigenvalue weighted by molar-refractivity contribution is -0.116. The summed E-state index contributed by atoms with van der Waals surface area (Å²) >= 11 is 10.9. The van der Waals surface area contributed by atoms with E-state index in [-0.39, 0.29) is 11.0 Å². The highest BCUT2D eigenvalue weighted by molar-refractivity contribution is 7.80. The van der Waals surface area contributed by atoms with E-state index in [0.717, 1.165) is 5.69 Å². The maximum Gasteiger partial charge on any atom is 0.262 e. The quantitative estimate of drug-likeness (QED) is 0.412. The van der Waals surface area contributed by atoms with Gasteiger partial charge >= 0.3 is 0 Å². The highest BCUT2D eigenvalue weighted by atomic mass is 35.5. The van der Waals surface area contributed by atoms with Crippen molar-refractivity contribution < 1.29 is 14.3 Å². The third kappa shape index (κ3) is 5.65. The van der Waals surface area contributed by atoms with Crippen LogP contribution in [0.4, 0.5) is 5.69 Å². The van der Waals surface area contributed by atoms with Crippen LogP contribution in [0.3, 0.4) is 0 Å². The number of anilines is 1. The van der Waals surface area contributed by atoms with E-state index in [9.17, 15) is 4.79 Å². The number of rotatable bonds is 5. The monoisotopic (exact) mass is 391 g/mol. The van der Waals surface area contributed by atoms with Gasteiger partial charge in [-0.15, -0.1) is 0 Å². The van der Waals surface area contributed by atoms with Crippen molar-refractivity contribution in [1.29, 1.82) is 0 Å². The van der Waals surface area contributed by atoms with Gasteiger partial charge in [-0.3, -0.25) is 15.6 Å². The number of benzene rings is 2. The van der Waals surface area contributed by atoms with Gasteiger partial charge in [-0.25, -0.2) is 0 Å².